The number of aromatic nitrogens is 1. The average Bonchev–Trinajstić information content (AvgIpc) is 2.77. The fourth-order valence-corrected chi connectivity index (χ4v) is 1.86. The molecule has 3 atom stereocenters. The van der Waals surface area contributed by atoms with Gasteiger partial charge < -0.3 is 20.7 Å². The molecule has 2 rings (SSSR count). The normalized spacial score (nSPS) is 29.3. The highest BCUT2D eigenvalue weighted by molar-refractivity contribution is 5.08. The third-order valence-corrected chi connectivity index (χ3v) is 2.73. The Balaban J connectivity index is 1.91. The first-order chi connectivity index (χ1) is 6.77. The van der Waals surface area contributed by atoms with Crippen LogP contribution in [0.25, 0.3) is 0 Å². The summed E-state index contributed by atoms with van der Waals surface area (Å²) in [7, 11) is 0. The predicted molar refractivity (Wildman–Crippen MR) is 55.0 cm³/mol. The first-order valence-corrected chi connectivity index (χ1v) is 5.05. The van der Waals surface area contributed by atoms with Gasteiger partial charge in [0.25, 0.3) is 0 Å². The zero-order valence-electron chi connectivity index (χ0n) is 8.33. The fourth-order valence-electron chi connectivity index (χ4n) is 1.86. The van der Waals surface area contributed by atoms with Crippen LogP contribution in [0.5, 0.6) is 0 Å². The molecule has 0 radical (unpaired) electrons. The van der Waals surface area contributed by atoms with Gasteiger partial charge in [0.2, 0.25) is 0 Å². The highest BCUT2D eigenvalue weighted by atomic mass is 16.3. The summed E-state index contributed by atoms with van der Waals surface area (Å²) in [6.45, 7) is 3.62. The summed E-state index contributed by atoms with van der Waals surface area (Å²) in [6, 6.07) is 4.45. The van der Waals surface area contributed by atoms with Crippen LogP contribution in [0.15, 0.2) is 18.3 Å². The van der Waals surface area contributed by atoms with E-state index in [2.05, 4.69) is 22.5 Å². The van der Waals surface area contributed by atoms with Crippen LogP contribution >= 0.6 is 0 Å². The van der Waals surface area contributed by atoms with Crippen LogP contribution in [0.4, 0.5) is 0 Å². The molecule has 0 amide bonds. The smallest absolute Gasteiger partial charge is 0.0829 e. The third kappa shape index (κ3) is 1.97. The molecule has 4 nitrogen and oxygen atoms in total. The number of hydrogen-bond acceptors (Lipinski definition) is 3. The van der Waals surface area contributed by atoms with Gasteiger partial charge in [-0.3, -0.25) is 0 Å². The van der Waals surface area contributed by atoms with Gasteiger partial charge in [0.1, 0.15) is 0 Å². The lowest BCUT2D eigenvalue weighted by molar-refractivity contribution is 0.157. The second kappa shape index (κ2) is 4.13. The Morgan fingerprint density at radius 2 is 2.43 bits per heavy atom. The zero-order chi connectivity index (χ0) is 9.97. The summed E-state index contributed by atoms with van der Waals surface area (Å²) < 4.78 is 0. The van der Waals surface area contributed by atoms with Crippen molar-refractivity contribution in [1.82, 2.24) is 15.6 Å². The van der Waals surface area contributed by atoms with Crippen molar-refractivity contribution in [2.45, 2.75) is 25.1 Å². The van der Waals surface area contributed by atoms with E-state index in [9.17, 15) is 5.11 Å². The summed E-state index contributed by atoms with van der Waals surface area (Å²) in [5, 5.41) is 16.1. The first kappa shape index (κ1) is 9.71. The molecule has 2 heterocycles. The predicted octanol–water partition coefficient (Wildman–Crippen LogP) is -0.00200. The Labute approximate surface area is 83.7 Å². The van der Waals surface area contributed by atoms with E-state index < -0.39 is 0 Å². The average molecular weight is 195 g/mol. The number of aliphatic hydroxyl groups is 1. The lowest BCUT2D eigenvalue weighted by Crippen LogP contribution is -2.40. The minimum atomic E-state index is -0.271. The maximum atomic E-state index is 9.60. The lowest BCUT2D eigenvalue weighted by atomic mass is 10.1. The summed E-state index contributed by atoms with van der Waals surface area (Å²) in [6.07, 6.45) is 1.64. The van der Waals surface area contributed by atoms with Gasteiger partial charge in [-0.1, -0.05) is 0 Å². The number of β-amino-alcohol motifs (C(OH)–C–C–N with tert-alkyl or cyclic N) is 1. The molecule has 1 aliphatic rings. The summed E-state index contributed by atoms with van der Waals surface area (Å²) in [5.41, 5.74) is 1.16. The molecule has 0 bridgehead atoms. The summed E-state index contributed by atoms with van der Waals surface area (Å²) in [5.74, 6) is 0. The Kier molecular flexibility index (Phi) is 2.86. The molecule has 1 aromatic heterocycles. The van der Waals surface area contributed by atoms with Gasteiger partial charge in [-0.25, -0.2) is 0 Å². The van der Waals surface area contributed by atoms with E-state index in [0.717, 1.165) is 12.2 Å². The monoisotopic (exact) mass is 195 g/mol. The van der Waals surface area contributed by atoms with Crippen LogP contribution < -0.4 is 10.6 Å². The number of aliphatic hydroxyl groups excluding tert-OH is 1. The second-order valence-corrected chi connectivity index (χ2v) is 3.85. The minimum Gasteiger partial charge on any atom is -0.390 e. The Morgan fingerprint density at radius 1 is 1.57 bits per heavy atom. The van der Waals surface area contributed by atoms with Crippen molar-refractivity contribution in [3.63, 3.8) is 0 Å². The highest BCUT2D eigenvalue weighted by Gasteiger charge is 2.26. The second-order valence-electron chi connectivity index (χ2n) is 3.85. The van der Waals surface area contributed by atoms with Gasteiger partial charge in [-0.2, -0.15) is 0 Å². The molecule has 0 aromatic carbocycles. The van der Waals surface area contributed by atoms with Crippen molar-refractivity contribution in [2.75, 3.05) is 13.1 Å². The molecular weight excluding hydrogens is 178 g/mol. The molecule has 1 saturated heterocycles. The molecule has 4 N–H and O–H groups in total. The number of H-pyrrole nitrogens is 1. The maximum Gasteiger partial charge on any atom is 0.0829 e. The molecule has 4 heteroatoms. The first-order valence-electron chi connectivity index (χ1n) is 5.05. The summed E-state index contributed by atoms with van der Waals surface area (Å²) in [4.78, 5) is 3.16. The van der Waals surface area contributed by atoms with E-state index in [1.54, 1.807) is 0 Å². The van der Waals surface area contributed by atoms with Crippen LogP contribution in [0.1, 0.15) is 18.7 Å². The Morgan fingerprint density at radius 3 is 3.00 bits per heavy atom. The molecule has 1 fully saturated rings. The molecule has 1 aromatic rings. The van der Waals surface area contributed by atoms with Gasteiger partial charge >= 0.3 is 0 Å². The van der Waals surface area contributed by atoms with Gasteiger partial charge in [-0.15, -0.1) is 0 Å². The third-order valence-electron chi connectivity index (χ3n) is 2.73. The largest absolute Gasteiger partial charge is 0.390 e. The fraction of sp³-hybridized carbons (Fsp3) is 0.600. The molecule has 0 spiro atoms. The molecule has 1 aliphatic heterocycles. The number of nitrogens with one attached hydrogen (secondary N) is 3. The van der Waals surface area contributed by atoms with Crippen LogP contribution in [-0.2, 0) is 0 Å². The number of hydrogen-bond donors (Lipinski definition) is 4. The molecule has 14 heavy (non-hydrogen) atoms. The standard InChI is InChI=1S/C10H17N3O/c1-7(8-3-2-4-12-8)13-9-5-11-6-10(9)14/h2-4,7,9-14H,5-6H2,1H3/t7?,9-,10-/m1/s1. The minimum absolute atomic E-state index is 0.160. The van der Waals surface area contributed by atoms with Crippen molar-refractivity contribution in [3.05, 3.63) is 24.0 Å². The van der Waals surface area contributed by atoms with Crippen molar-refractivity contribution >= 4 is 0 Å². The van der Waals surface area contributed by atoms with E-state index in [0.29, 0.717) is 6.54 Å². The molecule has 0 saturated carbocycles. The van der Waals surface area contributed by atoms with Crippen molar-refractivity contribution in [3.8, 4) is 0 Å². The SMILES string of the molecule is CC(N[C@@H]1CNC[C@H]1O)c1ccc[nH]1. The zero-order valence-corrected chi connectivity index (χ0v) is 8.33. The van der Waals surface area contributed by atoms with E-state index in [4.69, 9.17) is 0 Å². The molecule has 0 aliphatic carbocycles. The van der Waals surface area contributed by atoms with Gasteiger partial charge in [0, 0.05) is 37.1 Å². The van der Waals surface area contributed by atoms with Crippen molar-refractivity contribution < 1.29 is 5.11 Å². The quantitative estimate of drug-likeness (QED) is 0.549. The molecular formula is C10H17N3O. The van der Waals surface area contributed by atoms with Gasteiger partial charge in [0.05, 0.1) is 6.10 Å². The van der Waals surface area contributed by atoms with Crippen LogP contribution in [0.2, 0.25) is 0 Å². The van der Waals surface area contributed by atoms with Crippen molar-refractivity contribution in [2.24, 2.45) is 0 Å². The Bertz CT molecular complexity index is 273. The van der Waals surface area contributed by atoms with E-state index >= 15 is 0 Å². The van der Waals surface area contributed by atoms with E-state index in [1.165, 1.54) is 0 Å². The Hall–Kier alpha value is -0.840. The van der Waals surface area contributed by atoms with Gasteiger partial charge in [0.15, 0.2) is 0 Å². The van der Waals surface area contributed by atoms with E-state index in [-0.39, 0.29) is 18.2 Å². The maximum absolute atomic E-state index is 9.60. The van der Waals surface area contributed by atoms with E-state index in [1.807, 2.05) is 18.3 Å². The molecule has 78 valence electrons. The lowest BCUT2D eigenvalue weighted by Gasteiger charge is -2.20. The van der Waals surface area contributed by atoms with Crippen LogP contribution in [0, 0.1) is 0 Å². The molecule has 1 unspecified atom stereocenters. The van der Waals surface area contributed by atoms with Crippen LogP contribution in [-0.4, -0.2) is 35.3 Å². The summed E-state index contributed by atoms with van der Waals surface area (Å²) >= 11 is 0. The highest BCUT2D eigenvalue weighted by Crippen LogP contribution is 2.11. The topological polar surface area (TPSA) is 60.1 Å². The number of aromatic amines is 1. The number of rotatable bonds is 3. The van der Waals surface area contributed by atoms with Crippen molar-refractivity contribution in [1.29, 1.82) is 0 Å². The van der Waals surface area contributed by atoms with Crippen LogP contribution in [0.3, 0.4) is 0 Å². The van der Waals surface area contributed by atoms with Gasteiger partial charge in [-0.05, 0) is 19.1 Å².